The minimum absolute atomic E-state index is 0.131. The standard InChI is InChI=1S/C14H22N4OS/c1-20-10-4-2-9(3-5-10)18-14(19)12-6-11-13(7-15-12)17-8-16-11/h8-10,12,15H,2-7H2,1H3,(H,16,17)(H,18,19). The molecule has 5 nitrogen and oxygen atoms in total. The van der Waals surface area contributed by atoms with Crippen LogP contribution in [0.2, 0.25) is 0 Å². The molecule has 1 aliphatic heterocycles. The highest BCUT2D eigenvalue weighted by atomic mass is 32.2. The summed E-state index contributed by atoms with van der Waals surface area (Å²) in [7, 11) is 0. The number of imidazole rings is 1. The summed E-state index contributed by atoms with van der Waals surface area (Å²) in [5.41, 5.74) is 2.13. The smallest absolute Gasteiger partial charge is 0.237 e. The molecular weight excluding hydrogens is 272 g/mol. The fraction of sp³-hybridized carbons (Fsp3) is 0.714. The van der Waals surface area contributed by atoms with Gasteiger partial charge in [-0.25, -0.2) is 4.98 Å². The molecule has 1 unspecified atom stereocenters. The molecule has 3 rings (SSSR count). The lowest BCUT2D eigenvalue weighted by atomic mass is 9.94. The quantitative estimate of drug-likeness (QED) is 0.784. The molecule has 2 aliphatic rings. The van der Waals surface area contributed by atoms with Gasteiger partial charge in [-0.2, -0.15) is 11.8 Å². The van der Waals surface area contributed by atoms with Gasteiger partial charge in [-0.3, -0.25) is 10.1 Å². The van der Waals surface area contributed by atoms with Gasteiger partial charge in [0.2, 0.25) is 5.91 Å². The molecule has 0 radical (unpaired) electrons. The van der Waals surface area contributed by atoms with Crippen LogP contribution in [0.4, 0.5) is 0 Å². The summed E-state index contributed by atoms with van der Waals surface area (Å²) in [6.45, 7) is 0.701. The van der Waals surface area contributed by atoms with E-state index >= 15 is 0 Å². The largest absolute Gasteiger partial charge is 0.352 e. The number of carbonyl (C=O) groups is 1. The van der Waals surface area contributed by atoms with Crippen molar-refractivity contribution in [3.63, 3.8) is 0 Å². The lowest BCUT2D eigenvalue weighted by molar-refractivity contribution is -0.124. The summed E-state index contributed by atoms with van der Waals surface area (Å²) in [6, 6.07) is 0.220. The number of rotatable bonds is 3. The monoisotopic (exact) mass is 294 g/mol. The number of aromatic nitrogens is 2. The Balaban J connectivity index is 1.51. The summed E-state index contributed by atoms with van der Waals surface area (Å²) in [5.74, 6) is 0.131. The lowest BCUT2D eigenvalue weighted by Gasteiger charge is -2.30. The molecule has 0 bridgehead atoms. The molecule has 0 spiro atoms. The Morgan fingerprint density at radius 3 is 2.95 bits per heavy atom. The van der Waals surface area contributed by atoms with Crippen LogP contribution in [0, 0.1) is 0 Å². The highest BCUT2D eigenvalue weighted by Crippen LogP contribution is 2.27. The van der Waals surface area contributed by atoms with Gasteiger partial charge in [-0.15, -0.1) is 0 Å². The van der Waals surface area contributed by atoms with Crippen LogP contribution in [0.15, 0.2) is 6.33 Å². The van der Waals surface area contributed by atoms with Crippen LogP contribution in [0.25, 0.3) is 0 Å². The van der Waals surface area contributed by atoms with Crippen molar-refractivity contribution >= 4 is 17.7 Å². The first-order chi connectivity index (χ1) is 9.76. The Morgan fingerprint density at radius 1 is 1.40 bits per heavy atom. The van der Waals surface area contributed by atoms with Gasteiger partial charge < -0.3 is 10.3 Å². The van der Waals surface area contributed by atoms with Gasteiger partial charge in [0.05, 0.1) is 23.8 Å². The number of nitrogens with one attached hydrogen (secondary N) is 3. The molecule has 1 atom stereocenters. The van der Waals surface area contributed by atoms with E-state index in [-0.39, 0.29) is 11.9 Å². The number of thioether (sulfide) groups is 1. The minimum atomic E-state index is -0.135. The normalized spacial score (nSPS) is 29.8. The van der Waals surface area contributed by atoms with Crippen molar-refractivity contribution in [3.8, 4) is 0 Å². The van der Waals surface area contributed by atoms with Crippen molar-refractivity contribution in [2.24, 2.45) is 0 Å². The number of hydrogen-bond acceptors (Lipinski definition) is 4. The summed E-state index contributed by atoms with van der Waals surface area (Å²) < 4.78 is 0. The van der Waals surface area contributed by atoms with Gasteiger partial charge in [0.15, 0.2) is 0 Å². The SMILES string of the molecule is CSC1CCC(NC(=O)C2Cc3nc[nH]c3CN2)CC1. The highest BCUT2D eigenvalue weighted by molar-refractivity contribution is 7.99. The molecule has 0 aromatic carbocycles. The van der Waals surface area contributed by atoms with Gasteiger partial charge in [0.1, 0.15) is 0 Å². The van der Waals surface area contributed by atoms with Crippen LogP contribution in [0.1, 0.15) is 37.1 Å². The van der Waals surface area contributed by atoms with Gasteiger partial charge in [0, 0.05) is 24.3 Å². The van der Waals surface area contributed by atoms with Crippen molar-refractivity contribution < 1.29 is 4.79 Å². The van der Waals surface area contributed by atoms with Gasteiger partial charge in [-0.1, -0.05) is 0 Å². The van der Waals surface area contributed by atoms with E-state index in [1.54, 1.807) is 6.33 Å². The molecule has 110 valence electrons. The minimum Gasteiger partial charge on any atom is -0.352 e. The van der Waals surface area contributed by atoms with Crippen LogP contribution in [-0.2, 0) is 17.8 Å². The molecule has 1 aromatic rings. The summed E-state index contributed by atoms with van der Waals surface area (Å²) in [6.07, 6.45) is 9.22. The zero-order valence-corrected chi connectivity index (χ0v) is 12.6. The Bertz CT molecular complexity index is 467. The van der Waals surface area contributed by atoms with E-state index in [1.807, 2.05) is 11.8 Å². The molecule has 20 heavy (non-hydrogen) atoms. The molecule has 1 saturated carbocycles. The van der Waals surface area contributed by atoms with E-state index in [9.17, 15) is 4.79 Å². The third-order valence-corrected chi connectivity index (χ3v) is 5.54. The molecule has 1 fully saturated rings. The van der Waals surface area contributed by atoms with E-state index < -0.39 is 0 Å². The predicted molar refractivity (Wildman–Crippen MR) is 80.6 cm³/mol. The second-order valence-corrected chi connectivity index (χ2v) is 6.82. The average Bonchev–Trinajstić information content (AvgIpc) is 2.95. The molecule has 1 aliphatic carbocycles. The maximum atomic E-state index is 12.3. The molecule has 6 heteroatoms. The number of carbonyl (C=O) groups excluding carboxylic acids is 1. The molecular formula is C14H22N4OS. The van der Waals surface area contributed by atoms with Crippen LogP contribution in [0.3, 0.4) is 0 Å². The third-order valence-electron chi connectivity index (χ3n) is 4.40. The van der Waals surface area contributed by atoms with Gasteiger partial charge >= 0.3 is 0 Å². The third kappa shape index (κ3) is 3.01. The average molecular weight is 294 g/mol. The Labute approximate surface area is 123 Å². The first-order valence-electron chi connectivity index (χ1n) is 7.34. The van der Waals surface area contributed by atoms with Crippen LogP contribution < -0.4 is 10.6 Å². The molecule has 2 heterocycles. The van der Waals surface area contributed by atoms with Crippen molar-refractivity contribution in [3.05, 3.63) is 17.7 Å². The second-order valence-electron chi connectivity index (χ2n) is 5.68. The molecule has 0 saturated heterocycles. The number of amides is 1. The number of nitrogens with zero attached hydrogens (tertiary/aromatic N) is 1. The van der Waals surface area contributed by atoms with Crippen molar-refractivity contribution in [2.75, 3.05) is 6.26 Å². The first-order valence-corrected chi connectivity index (χ1v) is 8.62. The van der Waals surface area contributed by atoms with Gasteiger partial charge in [0.25, 0.3) is 0 Å². The fourth-order valence-corrected chi connectivity index (χ4v) is 3.84. The summed E-state index contributed by atoms with van der Waals surface area (Å²) >= 11 is 1.95. The van der Waals surface area contributed by atoms with E-state index in [4.69, 9.17) is 0 Å². The molecule has 1 aromatic heterocycles. The van der Waals surface area contributed by atoms with Crippen LogP contribution >= 0.6 is 11.8 Å². The zero-order valence-electron chi connectivity index (χ0n) is 11.8. The number of hydrogen-bond donors (Lipinski definition) is 3. The first kappa shape index (κ1) is 13.9. The summed E-state index contributed by atoms with van der Waals surface area (Å²) in [4.78, 5) is 19.7. The lowest BCUT2D eigenvalue weighted by Crippen LogP contribution is -2.51. The maximum absolute atomic E-state index is 12.3. The Hall–Kier alpha value is -1.01. The van der Waals surface area contributed by atoms with Crippen molar-refractivity contribution in [2.45, 2.75) is 56.0 Å². The maximum Gasteiger partial charge on any atom is 0.237 e. The Morgan fingerprint density at radius 2 is 2.20 bits per heavy atom. The van der Waals surface area contributed by atoms with Crippen molar-refractivity contribution in [1.29, 1.82) is 0 Å². The van der Waals surface area contributed by atoms with Crippen LogP contribution in [-0.4, -0.2) is 39.5 Å². The van der Waals surface area contributed by atoms with Crippen molar-refractivity contribution in [1.82, 2.24) is 20.6 Å². The molecule has 1 amide bonds. The van der Waals surface area contributed by atoms with E-state index in [0.717, 1.165) is 29.5 Å². The second kappa shape index (κ2) is 6.18. The van der Waals surface area contributed by atoms with E-state index in [1.165, 1.54) is 12.8 Å². The number of H-pyrrole nitrogens is 1. The topological polar surface area (TPSA) is 69.8 Å². The molecule has 3 N–H and O–H groups in total. The highest BCUT2D eigenvalue weighted by Gasteiger charge is 2.28. The predicted octanol–water partition coefficient (Wildman–Crippen LogP) is 1.21. The Kier molecular flexibility index (Phi) is 4.31. The number of fused-ring (bicyclic) bond motifs is 1. The van der Waals surface area contributed by atoms with Gasteiger partial charge in [-0.05, 0) is 31.9 Å². The van der Waals surface area contributed by atoms with E-state index in [2.05, 4.69) is 26.9 Å². The van der Waals surface area contributed by atoms with Crippen LogP contribution in [0.5, 0.6) is 0 Å². The fourth-order valence-electron chi connectivity index (χ4n) is 3.10. The summed E-state index contributed by atoms with van der Waals surface area (Å²) in [5, 5.41) is 7.27. The zero-order chi connectivity index (χ0) is 13.9. The van der Waals surface area contributed by atoms with E-state index in [0.29, 0.717) is 19.0 Å². The number of aromatic amines is 1.